The fourth-order valence-corrected chi connectivity index (χ4v) is 3.28. The van der Waals surface area contributed by atoms with Crippen molar-refractivity contribution < 1.29 is 0 Å². The summed E-state index contributed by atoms with van der Waals surface area (Å²) < 4.78 is 0. The molecule has 1 aromatic heterocycles. The predicted octanol–water partition coefficient (Wildman–Crippen LogP) is 1.19. The minimum Gasteiger partial charge on any atom is -0.256 e. The number of aromatic nitrogens is 1. The van der Waals surface area contributed by atoms with Gasteiger partial charge in [0.15, 0.2) is 0 Å². The average molecular weight is 399 g/mol. The Morgan fingerprint density at radius 2 is 1.42 bits per heavy atom. The smallest absolute Gasteiger partial charge is 0.0705 e. The Hall–Kier alpha value is -1.41. The molecule has 1 heterocycles. The summed E-state index contributed by atoms with van der Waals surface area (Å²) in [6.45, 7) is 2.11. The molecule has 0 N–H and O–H groups in total. The topological polar surface area (TPSA) is 12.9 Å². The van der Waals surface area contributed by atoms with Crippen LogP contribution in [0, 0.1) is 6.92 Å². The molecular weight excluding hydrogens is 385 g/mol. The van der Waals surface area contributed by atoms with Gasteiger partial charge in [0, 0.05) is 101 Å². The van der Waals surface area contributed by atoms with Crippen molar-refractivity contribution in [2.75, 3.05) is 0 Å². The number of nitrogens with zero attached hydrogens (tertiary/aromatic N) is 1. The van der Waals surface area contributed by atoms with E-state index in [1.165, 1.54) is 23.8 Å². The van der Waals surface area contributed by atoms with Crippen molar-refractivity contribution in [3.8, 4) is 22.4 Å². The highest BCUT2D eigenvalue weighted by atomic mass is 35.5. The van der Waals surface area contributed by atoms with Gasteiger partial charge >= 0.3 is 0 Å². The third-order valence-electron chi connectivity index (χ3n) is 4.89. The molecule has 1 nitrogen and oxygen atoms in total. The molecule has 3 rings (SSSR count). The lowest BCUT2D eigenvalue weighted by molar-refractivity contribution is 1.29. The minimum atomic E-state index is -0.648. The monoisotopic (exact) mass is 400 g/mol. The second kappa shape index (κ2) is 12.6. The molecule has 0 atom stereocenters. The van der Waals surface area contributed by atoms with Crippen LogP contribution >= 0.6 is 11.6 Å². The molecule has 0 fully saturated rings. The molecule has 0 saturated carbocycles. The summed E-state index contributed by atoms with van der Waals surface area (Å²) in [4.78, 5) is 4.57. The Kier molecular flexibility index (Phi) is 10.5. The molecule has 0 spiro atoms. The van der Waals surface area contributed by atoms with Crippen molar-refractivity contribution in [1.29, 1.82) is 0 Å². The van der Waals surface area contributed by atoms with Crippen LogP contribution in [-0.4, -0.2) is 84.0 Å². The van der Waals surface area contributed by atoms with Crippen LogP contribution in [0.1, 0.15) is 5.56 Å². The van der Waals surface area contributed by atoms with E-state index in [2.05, 4.69) is 30.1 Å². The SMILES string of the molecule is Cc1cc(-c2ccc(Cl)cc2)ncc1-c1ccccc1.[B][B]B([B])B(B([B])[B])B([B])[B]. The largest absolute Gasteiger partial charge is 0.256 e. The Morgan fingerprint density at radius 3 is 1.87 bits per heavy atom. The maximum Gasteiger partial charge on any atom is 0.0705 e. The van der Waals surface area contributed by atoms with Crippen LogP contribution in [0.15, 0.2) is 66.9 Å². The number of hydrogen-bond donors (Lipinski definition) is 0. The lowest BCUT2D eigenvalue weighted by Gasteiger charge is -2.25. The van der Waals surface area contributed by atoms with Gasteiger partial charge in [-0.05, 0) is 36.2 Å². The van der Waals surface area contributed by atoms with Crippen molar-refractivity contribution in [2.45, 2.75) is 6.92 Å². The maximum atomic E-state index is 5.92. The van der Waals surface area contributed by atoms with E-state index in [-0.39, 0.29) is 6.39 Å². The summed E-state index contributed by atoms with van der Waals surface area (Å²) in [6.07, 6.45) is -0.209. The molecule has 3 aromatic rings. The van der Waals surface area contributed by atoms with E-state index in [4.69, 9.17) is 58.0 Å². The average Bonchev–Trinajstić information content (AvgIpc) is 2.74. The summed E-state index contributed by atoms with van der Waals surface area (Å²) in [5, 5.41) is 0.742. The zero-order valence-electron chi connectivity index (χ0n) is 17.5. The van der Waals surface area contributed by atoms with Crippen LogP contribution in [0.25, 0.3) is 22.4 Å². The van der Waals surface area contributed by atoms with E-state index in [9.17, 15) is 0 Å². The van der Waals surface area contributed by atoms with E-state index in [0.29, 0.717) is 0 Å². The Morgan fingerprint density at radius 1 is 0.839 bits per heavy atom. The molecule has 131 valence electrons. The number of pyridine rings is 1. The number of hydrogen-bond acceptors (Lipinski definition) is 1. The summed E-state index contributed by atoms with van der Waals surface area (Å²) in [6, 6.07) is 20.2. The number of halogens is 1. The first-order valence-corrected chi connectivity index (χ1v) is 10.2. The third-order valence-corrected chi connectivity index (χ3v) is 5.14. The van der Waals surface area contributed by atoms with Crippen molar-refractivity contribution in [3.05, 3.63) is 77.4 Å². The second-order valence-corrected chi connectivity index (χ2v) is 7.70. The fourth-order valence-electron chi connectivity index (χ4n) is 3.15. The van der Waals surface area contributed by atoms with Crippen LogP contribution in [-0.2, 0) is 0 Å². The van der Waals surface area contributed by atoms with Gasteiger partial charge in [-0.1, -0.05) is 54.1 Å². The molecule has 0 aliphatic rings. The molecule has 0 bridgehead atoms. The zero-order chi connectivity index (χ0) is 23.0. The van der Waals surface area contributed by atoms with Gasteiger partial charge in [-0.15, -0.1) is 0 Å². The van der Waals surface area contributed by atoms with Crippen LogP contribution in [0.5, 0.6) is 0 Å². The number of aryl methyl sites for hydroxylation is 1. The van der Waals surface area contributed by atoms with Gasteiger partial charge in [-0.3, -0.25) is 4.98 Å². The Bertz CT molecular complexity index is 933. The van der Waals surface area contributed by atoms with Gasteiger partial charge in [0.25, 0.3) is 0 Å². The zero-order valence-corrected chi connectivity index (χ0v) is 18.3. The van der Waals surface area contributed by atoms with Crippen LogP contribution < -0.4 is 0 Å². The first kappa shape index (κ1) is 25.9. The molecule has 0 unspecified atom stereocenters. The Balaban J connectivity index is 0.000000267. The Labute approximate surface area is 201 Å². The quantitative estimate of drug-likeness (QED) is 0.569. The number of rotatable bonds is 6. The van der Waals surface area contributed by atoms with Gasteiger partial charge in [0.2, 0.25) is 0 Å². The number of benzene rings is 2. The predicted molar refractivity (Wildman–Crippen MR) is 148 cm³/mol. The molecule has 31 heavy (non-hydrogen) atoms. The summed E-state index contributed by atoms with van der Waals surface area (Å²) in [5.41, 5.74) is 5.63. The first-order chi connectivity index (χ1) is 14.7. The highest BCUT2D eigenvalue weighted by Crippen LogP contribution is 2.26. The lowest BCUT2D eigenvalue weighted by Crippen LogP contribution is -2.63. The van der Waals surface area contributed by atoms with Crippen molar-refractivity contribution in [3.63, 3.8) is 0 Å². The van der Waals surface area contributed by atoms with E-state index < -0.39 is 19.2 Å². The molecule has 0 aliphatic carbocycles. The van der Waals surface area contributed by atoms with E-state index in [0.717, 1.165) is 16.3 Å². The summed E-state index contributed by atoms with van der Waals surface area (Å²) in [5.74, 6) is 0. The lowest BCUT2D eigenvalue weighted by atomic mass is 8.56. The third kappa shape index (κ3) is 7.60. The highest BCUT2D eigenvalue weighted by Gasteiger charge is 2.26. The van der Waals surface area contributed by atoms with Crippen LogP contribution in [0.4, 0.5) is 0 Å². The van der Waals surface area contributed by atoms with Gasteiger partial charge in [-0.25, -0.2) is 0 Å². The van der Waals surface area contributed by atoms with E-state index >= 15 is 0 Å². The fraction of sp³-hybridized carbons (Fsp3) is 0.0556. The van der Waals surface area contributed by atoms with Gasteiger partial charge in [0.1, 0.15) is 0 Å². The van der Waals surface area contributed by atoms with Gasteiger partial charge < -0.3 is 0 Å². The highest BCUT2D eigenvalue weighted by molar-refractivity contribution is 8.01. The van der Waals surface area contributed by atoms with Gasteiger partial charge in [0.05, 0.1) is 5.69 Å². The molecule has 0 amide bonds. The van der Waals surface area contributed by atoms with E-state index in [1.807, 2.05) is 48.7 Å². The molecule has 13 heteroatoms. The van der Waals surface area contributed by atoms with Crippen molar-refractivity contribution in [1.82, 2.24) is 4.98 Å². The molecule has 2 aromatic carbocycles. The minimum absolute atomic E-state index is 0.389. The normalized spacial score (nSPS) is 9.74. The molecular formula is C18H14B11ClN. The van der Waals surface area contributed by atoms with Gasteiger partial charge in [-0.2, -0.15) is 0 Å². The molecule has 0 aliphatic heterocycles. The van der Waals surface area contributed by atoms with E-state index in [1.54, 1.807) is 0 Å². The van der Waals surface area contributed by atoms with Crippen molar-refractivity contribution >= 4 is 90.6 Å². The second-order valence-electron chi connectivity index (χ2n) is 7.26. The molecule has 0 saturated heterocycles. The van der Waals surface area contributed by atoms with Crippen LogP contribution in [0.2, 0.25) is 5.02 Å². The van der Waals surface area contributed by atoms with Crippen LogP contribution in [0.3, 0.4) is 0 Å². The first-order valence-electron chi connectivity index (χ1n) is 9.85. The summed E-state index contributed by atoms with van der Waals surface area (Å²) >= 11 is 5.92. The summed E-state index contributed by atoms with van der Waals surface area (Å²) in [7, 11) is 33.5. The molecule has 13 radical (unpaired) electrons. The van der Waals surface area contributed by atoms with Crippen molar-refractivity contribution in [2.24, 2.45) is 0 Å². The maximum absolute atomic E-state index is 5.92. The standard InChI is InChI=1S/C18H14ClN.B11/c1-13-11-18(15-7-9-16(19)10-8-15)20-12-17(13)14-5-3-2-4-6-14;1-7-10(6)11(8(2)3)9(4)5/h2-12H,1H3;.